The SMILES string of the molecule is CCCC[Si@@](C)(C1C=CC=C1)[Si@](C)(CCCC)C1C=CC=C1. The van der Waals surface area contributed by atoms with Crippen molar-refractivity contribution in [1.82, 2.24) is 0 Å². The number of unbranched alkanes of at least 4 members (excludes halogenated alkanes) is 2. The fourth-order valence-corrected chi connectivity index (χ4v) is 22.3. The average Bonchev–Trinajstić information content (AvgIpc) is 3.23. The summed E-state index contributed by atoms with van der Waals surface area (Å²) in [5.74, 6) is 0. The zero-order valence-electron chi connectivity index (χ0n) is 15.0. The second-order valence-corrected chi connectivity index (χ2v) is 22.5. The van der Waals surface area contributed by atoms with E-state index in [0.29, 0.717) is 0 Å². The van der Waals surface area contributed by atoms with Crippen molar-refractivity contribution >= 4 is 15.2 Å². The summed E-state index contributed by atoms with van der Waals surface area (Å²) >= 11 is 0. The van der Waals surface area contributed by atoms with Gasteiger partial charge in [-0.1, -0.05) is 113 Å². The van der Waals surface area contributed by atoms with Gasteiger partial charge < -0.3 is 0 Å². The molecule has 122 valence electrons. The first kappa shape index (κ1) is 17.7. The van der Waals surface area contributed by atoms with Gasteiger partial charge in [0.15, 0.2) is 0 Å². The maximum absolute atomic E-state index is 2.76. The molecule has 2 rings (SSSR count). The summed E-state index contributed by atoms with van der Waals surface area (Å²) in [4.78, 5) is 0. The number of hydrogen-bond donors (Lipinski definition) is 0. The second-order valence-electron chi connectivity index (χ2n) is 7.63. The van der Waals surface area contributed by atoms with E-state index in [0.717, 1.165) is 11.1 Å². The smallest absolute Gasteiger partial charge is 0.0572 e. The van der Waals surface area contributed by atoms with Gasteiger partial charge in [-0.25, -0.2) is 0 Å². The monoisotopic (exact) mass is 330 g/mol. The van der Waals surface area contributed by atoms with E-state index in [1.165, 1.54) is 37.8 Å². The van der Waals surface area contributed by atoms with Crippen molar-refractivity contribution in [1.29, 1.82) is 0 Å². The van der Waals surface area contributed by atoms with Crippen molar-refractivity contribution < 1.29 is 0 Å². The molecule has 0 saturated carbocycles. The largest absolute Gasteiger partial charge is 0.0806 e. The van der Waals surface area contributed by atoms with Crippen molar-refractivity contribution in [3.63, 3.8) is 0 Å². The van der Waals surface area contributed by atoms with Gasteiger partial charge in [0.25, 0.3) is 0 Å². The lowest BCUT2D eigenvalue weighted by atomic mass is 10.4. The number of rotatable bonds is 9. The third-order valence-corrected chi connectivity index (χ3v) is 26.8. The Morgan fingerprint density at radius 2 is 0.955 bits per heavy atom. The topological polar surface area (TPSA) is 0 Å². The minimum Gasteiger partial charge on any atom is -0.0806 e. The van der Waals surface area contributed by atoms with Crippen LogP contribution in [0.1, 0.15) is 39.5 Å². The molecule has 0 saturated heterocycles. The van der Waals surface area contributed by atoms with Crippen LogP contribution in [0.5, 0.6) is 0 Å². The Hall–Kier alpha value is -0.606. The van der Waals surface area contributed by atoms with Crippen LogP contribution < -0.4 is 0 Å². The molecule has 0 fully saturated rings. The van der Waals surface area contributed by atoms with Crippen molar-refractivity contribution in [2.24, 2.45) is 0 Å². The molecule has 0 nitrogen and oxygen atoms in total. The normalized spacial score (nSPS) is 23.3. The highest BCUT2D eigenvalue weighted by atomic mass is 29.3. The molecule has 2 aliphatic rings. The molecule has 0 bridgehead atoms. The molecule has 0 radical (unpaired) electrons. The lowest BCUT2D eigenvalue weighted by Crippen LogP contribution is -2.62. The van der Waals surface area contributed by atoms with E-state index in [1.54, 1.807) is 0 Å². The highest BCUT2D eigenvalue weighted by Crippen LogP contribution is 2.48. The minimum absolute atomic E-state index is 0.787. The van der Waals surface area contributed by atoms with E-state index >= 15 is 0 Å². The van der Waals surface area contributed by atoms with E-state index < -0.39 is 15.2 Å². The van der Waals surface area contributed by atoms with Gasteiger partial charge >= 0.3 is 0 Å². The predicted octanol–water partition coefficient (Wildman–Crippen LogP) is 6.81. The summed E-state index contributed by atoms with van der Waals surface area (Å²) in [7, 11) is -2.66. The maximum Gasteiger partial charge on any atom is 0.0572 e. The molecule has 0 unspecified atom stereocenters. The maximum atomic E-state index is 2.76. The molecule has 2 atom stereocenters. The number of allylic oxidation sites excluding steroid dienone is 8. The van der Waals surface area contributed by atoms with E-state index in [2.05, 4.69) is 75.5 Å². The van der Waals surface area contributed by atoms with E-state index in [9.17, 15) is 0 Å². The van der Waals surface area contributed by atoms with Crippen LogP contribution in [0, 0.1) is 0 Å². The van der Waals surface area contributed by atoms with Crippen LogP contribution in [0.2, 0.25) is 36.3 Å². The summed E-state index contributed by atoms with van der Waals surface area (Å²) in [5, 5.41) is 0. The Balaban J connectivity index is 2.37. The molecule has 0 heterocycles. The zero-order valence-corrected chi connectivity index (χ0v) is 17.0. The lowest BCUT2D eigenvalue weighted by molar-refractivity contribution is 0.850. The van der Waals surface area contributed by atoms with Crippen LogP contribution in [-0.2, 0) is 0 Å². The summed E-state index contributed by atoms with van der Waals surface area (Å²) in [5.41, 5.74) is 1.57. The van der Waals surface area contributed by atoms with Crippen LogP contribution in [0.4, 0.5) is 0 Å². The first-order valence-corrected chi connectivity index (χ1v) is 15.9. The first-order valence-electron chi connectivity index (χ1n) is 9.28. The van der Waals surface area contributed by atoms with Crippen LogP contribution in [0.3, 0.4) is 0 Å². The highest BCUT2D eigenvalue weighted by molar-refractivity contribution is 7.43. The summed E-state index contributed by atoms with van der Waals surface area (Å²) in [6.07, 6.45) is 24.9. The molecule has 0 aromatic heterocycles. The fourth-order valence-electron chi connectivity index (χ4n) is 4.47. The van der Waals surface area contributed by atoms with Crippen LogP contribution in [0.15, 0.2) is 48.6 Å². The molecule has 0 amide bonds. The van der Waals surface area contributed by atoms with E-state index in [4.69, 9.17) is 0 Å². The van der Waals surface area contributed by atoms with Crippen molar-refractivity contribution in [2.45, 2.75) is 75.8 Å². The molecular weight excluding hydrogens is 296 g/mol. The Kier molecular flexibility index (Phi) is 6.28. The Bertz CT molecular complexity index is 406. The van der Waals surface area contributed by atoms with E-state index in [1.807, 2.05) is 0 Å². The molecule has 0 spiro atoms. The summed E-state index contributed by atoms with van der Waals surface area (Å²) in [6, 6.07) is 3.04. The zero-order chi connectivity index (χ0) is 16.1. The Morgan fingerprint density at radius 3 is 1.23 bits per heavy atom. The number of hydrogen-bond acceptors (Lipinski definition) is 0. The minimum atomic E-state index is -1.33. The summed E-state index contributed by atoms with van der Waals surface area (Å²) in [6.45, 7) is 10.2. The molecule has 2 aliphatic carbocycles. The van der Waals surface area contributed by atoms with Crippen LogP contribution >= 0.6 is 0 Å². The molecule has 0 aromatic rings. The van der Waals surface area contributed by atoms with Gasteiger partial charge in [0.1, 0.15) is 0 Å². The predicted molar refractivity (Wildman–Crippen MR) is 107 cm³/mol. The molecular formula is C20H34Si2. The van der Waals surface area contributed by atoms with Gasteiger partial charge in [-0.15, -0.1) is 0 Å². The molecule has 0 aromatic carbocycles. The Morgan fingerprint density at radius 1 is 0.636 bits per heavy atom. The van der Waals surface area contributed by atoms with Crippen molar-refractivity contribution in [3.8, 4) is 0 Å². The third-order valence-electron chi connectivity index (χ3n) is 6.37. The highest BCUT2D eigenvalue weighted by Gasteiger charge is 2.53. The molecule has 2 heteroatoms. The molecule has 22 heavy (non-hydrogen) atoms. The molecule has 0 N–H and O–H groups in total. The van der Waals surface area contributed by atoms with Gasteiger partial charge in [0.2, 0.25) is 0 Å². The standard InChI is InChI=1S/C20H34Si2/c1-5-7-17-21(3,19-13-9-10-14-19)22(4,18-8-6-2)20-15-11-12-16-20/h9-16,19-20H,5-8,17-18H2,1-4H3/t21-,22+. The van der Waals surface area contributed by atoms with Gasteiger partial charge in [-0.3, -0.25) is 0 Å². The van der Waals surface area contributed by atoms with Crippen molar-refractivity contribution in [3.05, 3.63) is 48.6 Å². The van der Waals surface area contributed by atoms with Crippen LogP contribution in [0.25, 0.3) is 0 Å². The van der Waals surface area contributed by atoms with Gasteiger partial charge in [0, 0.05) is 0 Å². The summed E-state index contributed by atoms with van der Waals surface area (Å²) < 4.78 is 0. The Labute approximate surface area is 139 Å². The molecule has 0 aliphatic heterocycles. The van der Waals surface area contributed by atoms with Gasteiger partial charge in [-0.05, 0) is 11.1 Å². The van der Waals surface area contributed by atoms with Gasteiger partial charge in [0.05, 0.1) is 15.2 Å². The quantitative estimate of drug-likeness (QED) is 0.407. The lowest BCUT2D eigenvalue weighted by Gasteiger charge is -2.50. The third kappa shape index (κ3) is 3.33. The average molecular weight is 331 g/mol. The van der Waals surface area contributed by atoms with Crippen LogP contribution in [-0.4, -0.2) is 15.2 Å². The second kappa shape index (κ2) is 7.78. The van der Waals surface area contributed by atoms with Crippen molar-refractivity contribution in [2.75, 3.05) is 0 Å². The van der Waals surface area contributed by atoms with E-state index in [-0.39, 0.29) is 0 Å². The van der Waals surface area contributed by atoms with Gasteiger partial charge in [-0.2, -0.15) is 0 Å². The fraction of sp³-hybridized carbons (Fsp3) is 0.600. The first-order chi connectivity index (χ1) is 10.6.